The molecule has 0 aromatic heterocycles. The molecule has 0 fully saturated rings. The topological polar surface area (TPSA) is 70.6 Å². The summed E-state index contributed by atoms with van der Waals surface area (Å²) in [5.74, 6) is 0. The second-order valence-electron chi connectivity index (χ2n) is 4.36. The molecule has 0 atom stereocenters. The van der Waals surface area contributed by atoms with Crippen LogP contribution >= 0.6 is 0 Å². The molecule has 17 heavy (non-hydrogen) atoms. The molecular formula is C12H20N2O3. The minimum Gasteiger partial charge on any atom is -0.444 e. The third-order valence-corrected chi connectivity index (χ3v) is 1.47. The number of hydrogen-bond donors (Lipinski definition) is 3. The van der Waals surface area contributed by atoms with Crippen molar-refractivity contribution in [1.82, 2.24) is 10.8 Å². The summed E-state index contributed by atoms with van der Waals surface area (Å²) < 4.78 is 5.06. The van der Waals surface area contributed by atoms with Crippen LogP contribution in [0.15, 0.2) is 36.6 Å². The van der Waals surface area contributed by atoms with Crippen molar-refractivity contribution < 1.29 is 14.7 Å². The molecule has 0 aliphatic rings. The predicted molar refractivity (Wildman–Crippen MR) is 66.6 cm³/mol. The van der Waals surface area contributed by atoms with Gasteiger partial charge in [0, 0.05) is 12.7 Å². The van der Waals surface area contributed by atoms with Gasteiger partial charge in [0.25, 0.3) is 0 Å². The van der Waals surface area contributed by atoms with Gasteiger partial charge in [-0.2, -0.15) is 0 Å². The molecule has 0 saturated heterocycles. The molecule has 0 radical (unpaired) electrons. The molecule has 0 spiro atoms. The molecule has 0 aliphatic heterocycles. The van der Waals surface area contributed by atoms with E-state index in [-0.39, 0.29) is 0 Å². The quantitative estimate of drug-likeness (QED) is 0.508. The SMILES string of the molecule is C=C(C=CC=CNO)CNC(=O)OC(C)(C)C. The first kappa shape index (κ1) is 15.2. The molecule has 0 aromatic rings. The van der Waals surface area contributed by atoms with E-state index in [0.717, 1.165) is 5.57 Å². The number of carbonyl (C=O) groups is 1. The van der Waals surface area contributed by atoms with E-state index in [2.05, 4.69) is 11.9 Å². The number of carbonyl (C=O) groups excluding carboxylic acids is 1. The summed E-state index contributed by atoms with van der Waals surface area (Å²) in [5.41, 5.74) is 2.08. The number of ether oxygens (including phenoxy) is 1. The van der Waals surface area contributed by atoms with Crippen molar-refractivity contribution in [3.8, 4) is 0 Å². The normalized spacial score (nSPS) is 11.8. The fourth-order valence-electron chi connectivity index (χ4n) is 0.849. The fraction of sp³-hybridized carbons (Fsp3) is 0.417. The Kier molecular flexibility index (Phi) is 6.74. The summed E-state index contributed by atoms with van der Waals surface area (Å²) in [7, 11) is 0. The number of hydroxylamine groups is 1. The van der Waals surface area contributed by atoms with Crippen LogP contribution in [0.1, 0.15) is 20.8 Å². The Labute approximate surface area is 102 Å². The van der Waals surface area contributed by atoms with Crippen LogP contribution in [0.4, 0.5) is 4.79 Å². The van der Waals surface area contributed by atoms with Gasteiger partial charge in [-0.05, 0) is 32.4 Å². The Bertz CT molecular complexity index is 314. The zero-order valence-corrected chi connectivity index (χ0v) is 10.5. The lowest BCUT2D eigenvalue weighted by Gasteiger charge is -2.19. The van der Waals surface area contributed by atoms with E-state index >= 15 is 0 Å². The van der Waals surface area contributed by atoms with Gasteiger partial charge in [-0.3, -0.25) is 10.7 Å². The van der Waals surface area contributed by atoms with E-state index in [0.29, 0.717) is 6.54 Å². The molecule has 96 valence electrons. The van der Waals surface area contributed by atoms with E-state index in [1.807, 2.05) is 5.48 Å². The lowest BCUT2D eigenvalue weighted by molar-refractivity contribution is 0.0533. The monoisotopic (exact) mass is 240 g/mol. The van der Waals surface area contributed by atoms with Crippen LogP contribution in [0.5, 0.6) is 0 Å². The summed E-state index contributed by atoms with van der Waals surface area (Å²) in [6.07, 6.45) is 5.87. The lowest BCUT2D eigenvalue weighted by Crippen LogP contribution is -2.33. The largest absolute Gasteiger partial charge is 0.444 e. The third kappa shape index (κ3) is 10.5. The number of alkyl carbamates (subject to hydrolysis) is 1. The molecule has 0 rings (SSSR count). The minimum absolute atomic E-state index is 0.311. The van der Waals surface area contributed by atoms with Crippen LogP contribution in [0.3, 0.4) is 0 Å². The minimum atomic E-state index is -0.503. The zero-order valence-electron chi connectivity index (χ0n) is 10.5. The van der Waals surface area contributed by atoms with E-state index in [4.69, 9.17) is 9.94 Å². The van der Waals surface area contributed by atoms with E-state index in [9.17, 15) is 4.79 Å². The number of amides is 1. The second-order valence-corrected chi connectivity index (χ2v) is 4.36. The van der Waals surface area contributed by atoms with Crippen molar-refractivity contribution in [3.05, 3.63) is 36.6 Å². The molecule has 0 bridgehead atoms. The van der Waals surface area contributed by atoms with Gasteiger partial charge in [0.15, 0.2) is 0 Å². The predicted octanol–water partition coefficient (Wildman–Crippen LogP) is 2.12. The van der Waals surface area contributed by atoms with Gasteiger partial charge in [0.2, 0.25) is 0 Å². The first-order valence-electron chi connectivity index (χ1n) is 5.22. The maximum atomic E-state index is 11.3. The van der Waals surface area contributed by atoms with Crippen LogP contribution in [-0.2, 0) is 4.74 Å². The van der Waals surface area contributed by atoms with Gasteiger partial charge in [0.1, 0.15) is 5.60 Å². The molecule has 0 saturated carbocycles. The zero-order chi connectivity index (χ0) is 13.3. The highest BCUT2D eigenvalue weighted by Crippen LogP contribution is 2.06. The number of rotatable bonds is 5. The van der Waals surface area contributed by atoms with Gasteiger partial charge in [0.05, 0.1) is 0 Å². The van der Waals surface area contributed by atoms with Crippen molar-refractivity contribution in [2.45, 2.75) is 26.4 Å². The Morgan fingerprint density at radius 2 is 2.06 bits per heavy atom. The molecule has 5 heteroatoms. The van der Waals surface area contributed by atoms with Gasteiger partial charge in [-0.15, -0.1) is 0 Å². The first-order chi connectivity index (χ1) is 7.85. The standard InChI is InChI=1S/C12H20N2O3/c1-10(7-5-6-8-14-16)9-13-11(15)17-12(2,3)4/h5-8,14,16H,1,9H2,2-4H3,(H,13,15). The Hall–Kier alpha value is -1.75. The molecule has 0 heterocycles. The van der Waals surface area contributed by atoms with E-state index in [1.165, 1.54) is 6.20 Å². The Morgan fingerprint density at radius 1 is 1.41 bits per heavy atom. The summed E-state index contributed by atoms with van der Waals surface area (Å²) >= 11 is 0. The average molecular weight is 240 g/mol. The fourth-order valence-corrected chi connectivity index (χ4v) is 0.849. The molecule has 0 unspecified atom stereocenters. The van der Waals surface area contributed by atoms with E-state index < -0.39 is 11.7 Å². The number of allylic oxidation sites excluding steroid dienone is 2. The van der Waals surface area contributed by atoms with Gasteiger partial charge in [-0.25, -0.2) is 4.79 Å². The van der Waals surface area contributed by atoms with Crippen LogP contribution in [0, 0.1) is 0 Å². The highest BCUT2D eigenvalue weighted by Gasteiger charge is 2.15. The van der Waals surface area contributed by atoms with Gasteiger partial charge in [-0.1, -0.05) is 18.7 Å². The number of hydrogen-bond acceptors (Lipinski definition) is 4. The third-order valence-electron chi connectivity index (χ3n) is 1.47. The van der Waals surface area contributed by atoms with Crippen molar-refractivity contribution in [1.29, 1.82) is 0 Å². The molecule has 0 aliphatic carbocycles. The second kappa shape index (κ2) is 7.51. The van der Waals surface area contributed by atoms with Crippen LogP contribution in [0.2, 0.25) is 0 Å². The first-order valence-corrected chi connectivity index (χ1v) is 5.22. The summed E-state index contributed by atoms with van der Waals surface area (Å²) in [6, 6.07) is 0. The Morgan fingerprint density at radius 3 is 2.59 bits per heavy atom. The molecule has 5 nitrogen and oxygen atoms in total. The smallest absolute Gasteiger partial charge is 0.407 e. The van der Waals surface area contributed by atoms with Crippen LogP contribution in [-0.4, -0.2) is 23.4 Å². The van der Waals surface area contributed by atoms with Crippen LogP contribution in [0.25, 0.3) is 0 Å². The van der Waals surface area contributed by atoms with Crippen LogP contribution < -0.4 is 10.8 Å². The van der Waals surface area contributed by atoms with Crippen molar-refractivity contribution in [2.24, 2.45) is 0 Å². The lowest BCUT2D eigenvalue weighted by atomic mass is 10.2. The highest BCUT2D eigenvalue weighted by molar-refractivity contribution is 5.68. The molecular weight excluding hydrogens is 220 g/mol. The van der Waals surface area contributed by atoms with Crippen molar-refractivity contribution in [3.63, 3.8) is 0 Å². The average Bonchev–Trinajstić information content (AvgIpc) is 2.19. The molecule has 0 aromatic carbocycles. The maximum absolute atomic E-state index is 11.3. The highest BCUT2D eigenvalue weighted by atomic mass is 16.6. The number of nitrogens with one attached hydrogen (secondary N) is 2. The van der Waals surface area contributed by atoms with E-state index in [1.54, 1.807) is 39.0 Å². The van der Waals surface area contributed by atoms with Crippen molar-refractivity contribution >= 4 is 6.09 Å². The Balaban J connectivity index is 3.88. The molecule has 1 amide bonds. The van der Waals surface area contributed by atoms with Gasteiger partial charge >= 0.3 is 6.09 Å². The summed E-state index contributed by atoms with van der Waals surface area (Å²) in [4.78, 5) is 11.3. The maximum Gasteiger partial charge on any atom is 0.407 e. The van der Waals surface area contributed by atoms with Crippen molar-refractivity contribution in [2.75, 3.05) is 6.54 Å². The summed E-state index contributed by atoms with van der Waals surface area (Å²) in [6.45, 7) is 9.46. The van der Waals surface area contributed by atoms with Gasteiger partial charge < -0.3 is 10.1 Å². The summed E-state index contributed by atoms with van der Waals surface area (Å²) in [5, 5.41) is 10.8. The molecule has 3 N–H and O–H groups in total.